The van der Waals surface area contributed by atoms with E-state index in [2.05, 4.69) is 9.71 Å². The number of carbonyl (C=O) groups excluding carboxylic acids is 1. The molecule has 0 radical (unpaired) electrons. The molecule has 0 fully saturated rings. The number of anilines is 1. The normalized spacial score (nSPS) is 19.2. The molecule has 0 amide bonds. The average molecular weight is 419 g/mol. The number of benzene rings is 1. The number of hydrogen-bond acceptors (Lipinski definition) is 5. The van der Waals surface area contributed by atoms with Crippen LogP contribution in [0.1, 0.15) is 29.3 Å². The van der Waals surface area contributed by atoms with Gasteiger partial charge in [0.15, 0.2) is 5.78 Å². The van der Waals surface area contributed by atoms with Crippen molar-refractivity contribution in [3.8, 4) is 0 Å². The summed E-state index contributed by atoms with van der Waals surface area (Å²) in [5.74, 6) is -0.381. The summed E-state index contributed by atoms with van der Waals surface area (Å²) in [6.07, 6.45) is 8.16. The fraction of sp³-hybridized carbons (Fsp3) is 0.200. The van der Waals surface area contributed by atoms with Crippen molar-refractivity contribution in [1.29, 1.82) is 0 Å². The number of carbonyl (C=O) groups is 1. The van der Waals surface area contributed by atoms with Gasteiger partial charge in [0.05, 0.1) is 16.2 Å². The number of ketones is 1. The van der Waals surface area contributed by atoms with Gasteiger partial charge >= 0.3 is 0 Å². The molecule has 1 aromatic carbocycles. The zero-order valence-electron chi connectivity index (χ0n) is 15.3. The quantitative estimate of drug-likeness (QED) is 0.717. The first kappa shape index (κ1) is 20.3. The van der Waals surface area contributed by atoms with E-state index >= 15 is 0 Å². The van der Waals surface area contributed by atoms with E-state index in [1.165, 1.54) is 30.5 Å². The zero-order valence-corrected chi connectivity index (χ0v) is 16.9. The van der Waals surface area contributed by atoms with Gasteiger partial charge in [-0.2, -0.15) is 0 Å². The third-order valence-electron chi connectivity index (χ3n) is 4.48. The van der Waals surface area contributed by atoms with Gasteiger partial charge in [0.1, 0.15) is 0 Å². The van der Waals surface area contributed by atoms with Crippen LogP contribution in [0.4, 0.5) is 5.69 Å². The summed E-state index contributed by atoms with van der Waals surface area (Å²) in [5.41, 5.74) is 0.0810. The molecule has 0 spiro atoms. The number of pyridine rings is 1. The highest BCUT2D eigenvalue weighted by Crippen LogP contribution is 2.29. The van der Waals surface area contributed by atoms with Crippen LogP contribution < -0.4 is 4.72 Å². The predicted octanol–water partition coefficient (Wildman–Crippen LogP) is 3.96. The Morgan fingerprint density at radius 3 is 2.71 bits per heavy atom. The van der Waals surface area contributed by atoms with Crippen LogP contribution in [0.15, 0.2) is 65.9 Å². The minimum atomic E-state index is -3.89. The fourth-order valence-electron chi connectivity index (χ4n) is 2.70. The molecule has 3 rings (SSSR count). The summed E-state index contributed by atoms with van der Waals surface area (Å²) in [6, 6.07) is 7.66. The third kappa shape index (κ3) is 4.32. The lowest BCUT2D eigenvalue weighted by molar-refractivity contribution is 0.0504. The van der Waals surface area contributed by atoms with Crippen molar-refractivity contribution < 1.29 is 17.9 Å². The van der Waals surface area contributed by atoms with Gasteiger partial charge in [-0.25, -0.2) is 8.42 Å². The van der Waals surface area contributed by atoms with Crippen molar-refractivity contribution in [3.63, 3.8) is 0 Å². The minimum Gasteiger partial charge on any atom is -0.374 e. The highest BCUT2D eigenvalue weighted by Gasteiger charge is 2.27. The van der Waals surface area contributed by atoms with Crippen LogP contribution in [-0.2, 0) is 14.8 Å². The number of aromatic nitrogens is 1. The average Bonchev–Trinajstić information content (AvgIpc) is 2.69. The standard InChI is InChI=1S/C20H19ClN2O4S/c1-20(27-2)9-7-16(8-10-20)28(25,26)23-18-6-5-15(21)12-17(18)19(24)14-4-3-11-22-13-14/h3-9,11-13,23H,10H2,1-2H3. The van der Waals surface area contributed by atoms with Crippen molar-refractivity contribution >= 4 is 33.1 Å². The van der Waals surface area contributed by atoms with Gasteiger partial charge < -0.3 is 4.74 Å². The summed E-state index contributed by atoms with van der Waals surface area (Å²) >= 11 is 6.03. The summed E-state index contributed by atoms with van der Waals surface area (Å²) in [5, 5.41) is 0.322. The maximum absolute atomic E-state index is 12.8. The second-order valence-corrected chi connectivity index (χ2v) is 8.65. The number of hydrogen-bond donors (Lipinski definition) is 1. The molecule has 1 heterocycles. The first-order valence-electron chi connectivity index (χ1n) is 8.46. The molecule has 0 saturated carbocycles. The Morgan fingerprint density at radius 2 is 2.11 bits per heavy atom. The van der Waals surface area contributed by atoms with Crippen molar-refractivity contribution in [1.82, 2.24) is 4.98 Å². The molecule has 1 aliphatic carbocycles. The van der Waals surface area contributed by atoms with Gasteiger partial charge in [-0.15, -0.1) is 0 Å². The molecule has 28 heavy (non-hydrogen) atoms. The van der Waals surface area contributed by atoms with E-state index in [9.17, 15) is 13.2 Å². The third-order valence-corrected chi connectivity index (χ3v) is 6.13. The second-order valence-electron chi connectivity index (χ2n) is 6.53. The molecule has 146 valence electrons. The molecule has 0 aliphatic heterocycles. The Labute approximate surface area is 168 Å². The van der Waals surface area contributed by atoms with Gasteiger partial charge in [0.2, 0.25) is 0 Å². The molecular weight excluding hydrogens is 400 g/mol. The van der Waals surface area contributed by atoms with E-state index in [4.69, 9.17) is 16.3 Å². The minimum absolute atomic E-state index is 0.108. The molecule has 8 heteroatoms. The SMILES string of the molecule is COC1(C)C=CC(S(=O)(=O)Nc2ccc(Cl)cc2C(=O)c2cccnc2)=CC1. The van der Waals surface area contributed by atoms with E-state index in [1.807, 2.05) is 6.92 Å². The van der Waals surface area contributed by atoms with Crippen LogP contribution in [-0.4, -0.2) is 31.9 Å². The summed E-state index contributed by atoms with van der Waals surface area (Å²) in [4.78, 5) is 16.9. The first-order chi connectivity index (χ1) is 13.2. The Morgan fingerprint density at radius 1 is 1.32 bits per heavy atom. The summed E-state index contributed by atoms with van der Waals surface area (Å²) in [7, 11) is -2.32. The van der Waals surface area contributed by atoms with Crippen molar-refractivity contribution in [2.24, 2.45) is 0 Å². The highest BCUT2D eigenvalue weighted by molar-refractivity contribution is 7.96. The van der Waals surface area contributed by atoms with Crippen LogP contribution >= 0.6 is 11.6 Å². The van der Waals surface area contributed by atoms with E-state index in [0.717, 1.165) is 0 Å². The first-order valence-corrected chi connectivity index (χ1v) is 10.3. The smallest absolute Gasteiger partial charge is 0.261 e. The molecule has 2 aromatic rings. The van der Waals surface area contributed by atoms with Crippen LogP contribution in [0, 0.1) is 0 Å². The molecule has 1 N–H and O–H groups in total. The number of sulfonamides is 1. The van der Waals surface area contributed by atoms with Gasteiger partial charge in [0, 0.05) is 35.7 Å². The van der Waals surface area contributed by atoms with Crippen molar-refractivity contribution in [2.45, 2.75) is 18.9 Å². The molecule has 1 aromatic heterocycles. The largest absolute Gasteiger partial charge is 0.374 e. The summed E-state index contributed by atoms with van der Waals surface area (Å²) in [6.45, 7) is 1.86. The lowest BCUT2D eigenvalue weighted by Gasteiger charge is -2.26. The van der Waals surface area contributed by atoms with E-state index < -0.39 is 15.6 Å². The van der Waals surface area contributed by atoms with Gasteiger partial charge in [-0.1, -0.05) is 23.8 Å². The number of methoxy groups -OCH3 is 1. The number of allylic oxidation sites excluding steroid dienone is 1. The number of halogens is 1. The van der Waals surface area contributed by atoms with Crippen LogP contribution in [0.2, 0.25) is 5.02 Å². The predicted molar refractivity (Wildman–Crippen MR) is 109 cm³/mol. The Hall–Kier alpha value is -2.48. The molecule has 0 saturated heterocycles. The van der Waals surface area contributed by atoms with Crippen LogP contribution in [0.3, 0.4) is 0 Å². The number of nitrogens with one attached hydrogen (secondary N) is 1. The van der Waals surface area contributed by atoms with E-state index in [-0.39, 0.29) is 21.9 Å². The maximum Gasteiger partial charge on any atom is 0.261 e. The fourth-order valence-corrected chi connectivity index (χ4v) is 4.01. The van der Waals surface area contributed by atoms with Gasteiger partial charge in [-0.3, -0.25) is 14.5 Å². The Bertz CT molecular complexity index is 1060. The topological polar surface area (TPSA) is 85.4 Å². The van der Waals surface area contributed by atoms with E-state index in [0.29, 0.717) is 17.0 Å². The zero-order chi connectivity index (χ0) is 20.4. The molecule has 6 nitrogen and oxygen atoms in total. The van der Waals surface area contributed by atoms with Gasteiger partial charge in [-0.05, 0) is 49.8 Å². The molecule has 0 bridgehead atoms. The maximum atomic E-state index is 12.8. The number of ether oxygens (including phenoxy) is 1. The molecule has 1 atom stereocenters. The van der Waals surface area contributed by atoms with Crippen molar-refractivity contribution in [2.75, 3.05) is 11.8 Å². The number of nitrogens with zero attached hydrogens (tertiary/aromatic N) is 1. The molecule has 1 aliphatic rings. The van der Waals surface area contributed by atoms with Crippen molar-refractivity contribution in [3.05, 3.63) is 82.0 Å². The van der Waals surface area contributed by atoms with Crippen LogP contribution in [0.5, 0.6) is 0 Å². The Kier molecular flexibility index (Phi) is 5.69. The van der Waals surface area contributed by atoms with Gasteiger partial charge in [0.25, 0.3) is 10.0 Å². The second kappa shape index (κ2) is 7.87. The molecule has 1 unspecified atom stereocenters. The summed E-state index contributed by atoms with van der Waals surface area (Å²) < 4.78 is 33.5. The molecular formula is C20H19ClN2O4S. The lowest BCUT2D eigenvalue weighted by atomic mass is 9.98. The van der Waals surface area contributed by atoms with E-state index in [1.54, 1.807) is 37.6 Å². The monoisotopic (exact) mass is 418 g/mol. The Balaban J connectivity index is 1.93. The number of rotatable bonds is 6. The lowest BCUT2D eigenvalue weighted by Crippen LogP contribution is -2.27. The van der Waals surface area contributed by atoms with Crippen LogP contribution in [0.25, 0.3) is 0 Å². The highest BCUT2D eigenvalue weighted by atomic mass is 35.5.